The first-order valence-corrected chi connectivity index (χ1v) is 5.29. The molecule has 18 heavy (non-hydrogen) atoms. The Morgan fingerprint density at radius 1 is 1.17 bits per heavy atom. The number of rotatable bonds is 1. The lowest BCUT2D eigenvalue weighted by molar-refractivity contribution is -0.139. The second-order valence-electron chi connectivity index (χ2n) is 3.54. The number of thiol groups is 1. The third-order valence-electron chi connectivity index (χ3n) is 2.28. The number of hydrogen-bond donors (Lipinski definition) is 2. The van der Waals surface area contributed by atoms with Gasteiger partial charge in [-0.25, -0.2) is 5.10 Å². The first-order chi connectivity index (χ1) is 8.38. The van der Waals surface area contributed by atoms with Crippen LogP contribution in [0.4, 0.5) is 13.2 Å². The minimum absolute atomic E-state index is 0.157. The van der Waals surface area contributed by atoms with Gasteiger partial charge in [0.1, 0.15) is 0 Å². The smallest absolute Gasteiger partial charge is 0.268 e. The van der Waals surface area contributed by atoms with Gasteiger partial charge in [-0.1, -0.05) is 6.07 Å². The van der Waals surface area contributed by atoms with Crippen LogP contribution in [0.2, 0.25) is 0 Å². The monoisotopic (exact) mass is 272 g/mol. The Balaban J connectivity index is 2.54. The molecule has 0 saturated carbocycles. The topological polar surface area (TPSA) is 45.8 Å². The first kappa shape index (κ1) is 12.7. The number of H-pyrrole nitrogens is 1. The molecule has 2 aromatic rings. The van der Waals surface area contributed by atoms with Crippen LogP contribution in [-0.4, -0.2) is 10.2 Å². The summed E-state index contributed by atoms with van der Waals surface area (Å²) in [6, 6.07) is 6.20. The molecule has 7 heteroatoms. The molecular formula is C11H7F3N2OS. The van der Waals surface area contributed by atoms with Gasteiger partial charge in [-0.3, -0.25) is 4.79 Å². The lowest BCUT2D eigenvalue weighted by Gasteiger charge is -2.11. The van der Waals surface area contributed by atoms with E-state index in [4.69, 9.17) is 0 Å². The van der Waals surface area contributed by atoms with Crippen molar-refractivity contribution in [2.75, 3.05) is 0 Å². The van der Waals surface area contributed by atoms with E-state index in [-0.39, 0.29) is 16.2 Å². The Kier molecular flexibility index (Phi) is 3.16. The Hall–Kier alpha value is -1.76. The van der Waals surface area contributed by atoms with Gasteiger partial charge in [-0.15, -0.1) is 12.6 Å². The molecule has 0 atom stereocenters. The summed E-state index contributed by atoms with van der Waals surface area (Å²) in [4.78, 5) is 10.7. The molecular weight excluding hydrogens is 265 g/mol. The number of aromatic nitrogens is 2. The molecule has 3 nitrogen and oxygen atoms in total. The molecule has 94 valence electrons. The van der Waals surface area contributed by atoms with Crippen LogP contribution in [0.25, 0.3) is 11.3 Å². The van der Waals surface area contributed by atoms with E-state index in [0.717, 1.165) is 6.07 Å². The van der Waals surface area contributed by atoms with E-state index in [1.54, 1.807) is 0 Å². The Morgan fingerprint density at radius 3 is 2.44 bits per heavy atom. The second kappa shape index (κ2) is 4.49. The minimum atomic E-state index is -4.48. The van der Waals surface area contributed by atoms with Crippen molar-refractivity contribution in [3.8, 4) is 11.3 Å². The zero-order valence-corrected chi connectivity index (χ0v) is 9.72. The normalized spacial score (nSPS) is 11.6. The molecule has 0 amide bonds. The third kappa shape index (κ3) is 2.56. The quantitative estimate of drug-likeness (QED) is 0.784. The average molecular weight is 272 g/mol. The van der Waals surface area contributed by atoms with Crippen molar-refractivity contribution in [2.24, 2.45) is 0 Å². The summed E-state index contributed by atoms with van der Waals surface area (Å²) in [5, 5.41) is 5.84. The molecule has 1 aromatic carbocycles. The van der Waals surface area contributed by atoms with Gasteiger partial charge in [-0.2, -0.15) is 18.3 Å². The van der Waals surface area contributed by atoms with Crippen LogP contribution in [0.15, 0.2) is 40.0 Å². The first-order valence-electron chi connectivity index (χ1n) is 4.84. The van der Waals surface area contributed by atoms with Crippen LogP contribution in [0.5, 0.6) is 0 Å². The summed E-state index contributed by atoms with van der Waals surface area (Å²) >= 11 is 3.77. The van der Waals surface area contributed by atoms with Crippen molar-refractivity contribution in [1.82, 2.24) is 10.2 Å². The van der Waals surface area contributed by atoms with Gasteiger partial charge < -0.3 is 0 Å². The van der Waals surface area contributed by atoms with Crippen LogP contribution >= 0.6 is 12.6 Å². The molecule has 0 radical (unpaired) electrons. The highest BCUT2D eigenvalue weighted by atomic mass is 32.1. The van der Waals surface area contributed by atoms with Gasteiger partial charge in [0.2, 0.25) is 0 Å². The van der Waals surface area contributed by atoms with Crippen molar-refractivity contribution in [3.05, 3.63) is 46.2 Å². The van der Waals surface area contributed by atoms with E-state index < -0.39 is 17.3 Å². The lowest BCUT2D eigenvalue weighted by atomic mass is 10.1. The van der Waals surface area contributed by atoms with Gasteiger partial charge >= 0.3 is 6.18 Å². The highest BCUT2D eigenvalue weighted by Gasteiger charge is 2.33. The second-order valence-corrected chi connectivity index (χ2v) is 4.02. The molecule has 0 unspecified atom stereocenters. The molecule has 0 saturated heterocycles. The van der Waals surface area contributed by atoms with Gasteiger partial charge in [0.15, 0.2) is 0 Å². The Bertz CT molecular complexity index is 616. The zero-order chi connectivity index (χ0) is 13.3. The summed E-state index contributed by atoms with van der Waals surface area (Å²) in [6.45, 7) is 0. The van der Waals surface area contributed by atoms with Gasteiger partial charge in [0, 0.05) is 16.5 Å². The maximum Gasteiger partial charge on any atom is 0.417 e. The molecule has 1 heterocycles. The highest BCUT2D eigenvalue weighted by Crippen LogP contribution is 2.35. The maximum atomic E-state index is 12.7. The lowest BCUT2D eigenvalue weighted by Crippen LogP contribution is -2.08. The third-order valence-corrected chi connectivity index (χ3v) is 2.67. The predicted octanol–water partition coefficient (Wildman–Crippen LogP) is 2.74. The molecule has 0 bridgehead atoms. The summed E-state index contributed by atoms with van der Waals surface area (Å²) in [5.74, 6) is 0. The molecule has 2 rings (SSSR count). The number of nitrogens with zero attached hydrogens (tertiary/aromatic N) is 1. The average Bonchev–Trinajstić information content (AvgIpc) is 2.29. The largest absolute Gasteiger partial charge is 0.417 e. The number of hydrogen-bond acceptors (Lipinski definition) is 3. The van der Waals surface area contributed by atoms with Crippen molar-refractivity contribution in [2.45, 2.75) is 11.1 Å². The van der Waals surface area contributed by atoms with Crippen molar-refractivity contribution in [3.63, 3.8) is 0 Å². The molecule has 0 aliphatic heterocycles. The maximum absolute atomic E-state index is 12.7. The van der Waals surface area contributed by atoms with E-state index in [9.17, 15) is 18.0 Å². The molecule has 0 aliphatic carbocycles. The number of aromatic amines is 1. The van der Waals surface area contributed by atoms with Gasteiger partial charge in [-0.05, 0) is 18.2 Å². The highest BCUT2D eigenvalue weighted by molar-refractivity contribution is 7.80. The number of nitrogens with one attached hydrogen (secondary N) is 1. The Morgan fingerprint density at radius 2 is 1.89 bits per heavy atom. The minimum Gasteiger partial charge on any atom is -0.268 e. The predicted molar refractivity (Wildman–Crippen MR) is 62.5 cm³/mol. The number of halogens is 3. The van der Waals surface area contributed by atoms with Crippen LogP contribution in [0, 0.1) is 0 Å². The summed E-state index contributed by atoms with van der Waals surface area (Å²) in [5.41, 5.74) is -0.734. The Labute approximate surface area is 105 Å². The van der Waals surface area contributed by atoms with Crippen LogP contribution in [0.3, 0.4) is 0 Å². The van der Waals surface area contributed by atoms with Crippen molar-refractivity contribution >= 4 is 12.6 Å². The fraction of sp³-hybridized carbons (Fsp3) is 0.0909. The summed E-state index contributed by atoms with van der Waals surface area (Å²) in [6.07, 6.45) is -4.48. The van der Waals surface area contributed by atoms with E-state index in [2.05, 4.69) is 22.8 Å². The number of alkyl halides is 3. The molecule has 1 N–H and O–H groups in total. The molecule has 0 fully saturated rings. The number of benzene rings is 1. The summed E-state index contributed by atoms with van der Waals surface area (Å²) in [7, 11) is 0. The van der Waals surface area contributed by atoms with Crippen molar-refractivity contribution < 1.29 is 13.2 Å². The molecule has 1 aromatic heterocycles. The van der Waals surface area contributed by atoms with Gasteiger partial charge in [0.05, 0.1) is 11.3 Å². The van der Waals surface area contributed by atoms with Crippen LogP contribution in [-0.2, 0) is 6.18 Å². The van der Waals surface area contributed by atoms with Crippen molar-refractivity contribution in [1.29, 1.82) is 0 Å². The molecule has 0 spiro atoms. The zero-order valence-electron chi connectivity index (χ0n) is 8.82. The summed E-state index contributed by atoms with van der Waals surface area (Å²) < 4.78 is 38.0. The van der Waals surface area contributed by atoms with E-state index in [0.29, 0.717) is 0 Å². The standard InChI is InChI=1S/C11H7F3N2OS/c12-11(13,14)7-5-6(1-3-9(7)18)8-2-4-10(17)16-15-8/h1-5,18H,(H,16,17). The fourth-order valence-electron chi connectivity index (χ4n) is 1.43. The van der Waals surface area contributed by atoms with Crippen LogP contribution in [0.1, 0.15) is 5.56 Å². The van der Waals surface area contributed by atoms with Gasteiger partial charge in [0.25, 0.3) is 5.56 Å². The fourth-order valence-corrected chi connectivity index (χ4v) is 1.69. The SMILES string of the molecule is O=c1ccc(-c2ccc(S)c(C(F)(F)F)c2)n[nH]1. The van der Waals surface area contributed by atoms with E-state index >= 15 is 0 Å². The van der Waals surface area contributed by atoms with E-state index in [1.165, 1.54) is 24.3 Å². The van der Waals surface area contributed by atoms with E-state index in [1.807, 2.05) is 0 Å². The van der Waals surface area contributed by atoms with Crippen LogP contribution < -0.4 is 5.56 Å². The molecule has 0 aliphatic rings.